The summed E-state index contributed by atoms with van der Waals surface area (Å²) in [7, 11) is -4.58. The summed E-state index contributed by atoms with van der Waals surface area (Å²) in [6, 6.07) is 0. The third kappa shape index (κ3) is 23.9. The van der Waals surface area contributed by atoms with Crippen molar-refractivity contribution in [3.05, 3.63) is 28.8 Å². The predicted molar refractivity (Wildman–Crippen MR) is 275 cm³/mol. The van der Waals surface area contributed by atoms with Crippen molar-refractivity contribution < 1.29 is 43.9 Å². The maximum Gasteiger partial charge on any atom is 0.424 e. The van der Waals surface area contributed by atoms with Gasteiger partial charge in [0.25, 0.3) is 0 Å². The number of halogens is 10. The Morgan fingerprint density at radius 1 is 0.448 bits per heavy atom. The van der Waals surface area contributed by atoms with Crippen LogP contribution in [-0.4, -0.2) is 29.8 Å². The van der Waals surface area contributed by atoms with Crippen LogP contribution in [0.2, 0.25) is 25.3 Å². The summed E-state index contributed by atoms with van der Waals surface area (Å²) >= 11 is 0. The highest BCUT2D eigenvalue weighted by Gasteiger charge is 2.78. The van der Waals surface area contributed by atoms with Gasteiger partial charge < -0.3 is 0 Å². The number of alkyl halides is 6. The van der Waals surface area contributed by atoms with Gasteiger partial charge in [0, 0.05) is 18.1 Å². The van der Waals surface area contributed by atoms with Crippen molar-refractivity contribution in [2.75, 3.05) is 6.16 Å². The van der Waals surface area contributed by atoms with Crippen molar-refractivity contribution in [2.45, 2.75) is 298 Å². The molecule has 0 N–H and O–H groups in total. The Morgan fingerprint density at radius 2 is 0.836 bits per heavy atom. The number of hydrogen-bond acceptors (Lipinski definition) is 0. The third-order valence-electron chi connectivity index (χ3n) is 14.9. The molecule has 1 aromatic rings. The van der Waals surface area contributed by atoms with Crippen LogP contribution in [0.15, 0.2) is 0 Å². The third-order valence-corrected chi connectivity index (χ3v) is 18.2. The summed E-state index contributed by atoms with van der Waals surface area (Å²) in [4.78, 5) is 0. The van der Waals surface area contributed by atoms with Gasteiger partial charge in [0.05, 0.1) is 6.16 Å². The minimum atomic E-state index is -5.97. The Bertz CT molecular complexity index is 1280. The van der Waals surface area contributed by atoms with Crippen LogP contribution in [0.4, 0.5) is 43.9 Å². The van der Waals surface area contributed by atoms with Crippen molar-refractivity contribution >= 4 is 19.4 Å². The molecule has 0 saturated heterocycles. The van der Waals surface area contributed by atoms with E-state index in [4.69, 9.17) is 0 Å². The van der Waals surface area contributed by atoms with Gasteiger partial charge in [-0.05, 0) is 31.6 Å². The molecule has 3 atom stereocenters. The normalized spacial score (nSPS) is 14.0. The summed E-state index contributed by atoms with van der Waals surface area (Å²) in [5.41, 5.74) is -6.75. The number of benzene rings is 1. The fourth-order valence-electron chi connectivity index (χ4n) is 10.3. The van der Waals surface area contributed by atoms with Crippen LogP contribution in [-0.2, 0) is 0 Å². The lowest BCUT2D eigenvalue weighted by molar-refractivity contribution is -0.280. The number of rotatable bonds is 41. The van der Waals surface area contributed by atoms with Gasteiger partial charge >= 0.3 is 17.5 Å². The fraction of sp³-hybridized carbons (Fsp3) is 0.891. The van der Waals surface area contributed by atoms with Crippen molar-refractivity contribution in [3.8, 4) is 0 Å². The molecule has 0 saturated carbocycles. The number of hydrogen-bond donors (Lipinski definition) is 0. The van der Waals surface area contributed by atoms with Crippen LogP contribution in [0.3, 0.4) is 0 Å². The molecule has 0 aliphatic heterocycles. The fourth-order valence-corrected chi connectivity index (χ4v) is 13.3. The van der Waals surface area contributed by atoms with E-state index in [-0.39, 0.29) is 24.9 Å². The SMILES string of the molecule is CCCCCCC(F)(F)C(F)(F)C(F)(F)[PH+](CC(C)CCC(CC)CCC)c1c(F)c(C)c(F)c(F)c1F.CCCCCCC[B-](CCCCCCC)(CCCCCCC)CCCCCCC. The van der Waals surface area contributed by atoms with E-state index >= 15 is 17.6 Å². The average molecular weight is 993 g/mol. The van der Waals surface area contributed by atoms with E-state index in [2.05, 4.69) is 27.7 Å². The molecule has 1 aromatic carbocycles. The second kappa shape index (κ2) is 36.9. The van der Waals surface area contributed by atoms with Crippen molar-refractivity contribution in [2.24, 2.45) is 11.8 Å². The maximum atomic E-state index is 15.6. The van der Waals surface area contributed by atoms with E-state index in [1.807, 2.05) is 13.8 Å². The van der Waals surface area contributed by atoms with Gasteiger partial charge in [-0.3, -0.25) is 0 Å². The first-order valence-corrected chi connectivity index (χ1v) is 29.5. The lowest BCUT2D eigenvalue weighted by Gasteiger charge is -2.41. The molecule has 0 aliphatic carbocycles. The van der Waals surface area contributed by atoms with Crippen LogP contribution in [0.1, 0.15) is 254 Å². The molecule has 67 heavy (non-hydrogen) atoms. The molecule has 0 aromatic heterocycles. The molecule has 3 unspecified atom stereocenters. The first-order valence-electron chi connectivity index (χ1n) is 27.8. The highest BCUT2D eigenvalue weighted by molar-refractivity contribution is 7.66. The molecule has 398 valence electrons. The first kappa shape index (κ1) is 66.0. The Morgan fingerprint density at radius 3 is 1.21 bits per heavy atom. The lowest BCUT2D eigenvalue weighted by Crippen LogP contribution is -2.54. The van der Waals surface area contributed by atoms with Crippen molar-refractivity contribution in [1.29, 1.82) is 0 Å². The molecule has 0 amide bonds. The highest BCUT2D eigenvalue weighted by Crippen LogP contribution is 2.64. The Kier molecular flexibility index (Phi) is 36.3. The van der Waals surface area contributed by atoms with Crippen LogP contribution >= 0.6 is 7.92 Å². The molecule has 0 bridgehead atoms. The van der Waals surface area contributed by atoms with Gasteiger partial charge in [-0.1, -0.05) is 229 Å². The van der Waals surface area contributed by atoms with Gasteiger partial charge in [0.2, 0.25) is 5.82 Å². The van der Waals surface area contributed by atoms with Gasteiger partial charge in [0.15, 0.2) is 22.8 Å². The Hall–Kier alpha value is -0.985. The summed E-state index contributed by atoms with van der Waals surface area (Å²) < 4.78 is 148. The summed E-state index contributed by atoms with van der Waals surface area (Å²) in [5.74, 6) is -20.4. The van der Waals surface area contributed by atoms with E-state index in [0.29, 0.717) is 26.2 Å². The van der Waals surface area contributed by atoms with E-state index in [0.717, 1.165) is 19.3 Å². The van der Waals surface area contributed by atoms with Crippen molar-refractivity contribution in [3.63, 3.8) is 0 Å². The number of unbranched alkanes of at least 4 members (excludes halogenated alkanes) is 19. The molecular weight excluding hydrogens is 892 g/mol. The summed E-state index contributed by atoms with van der Waals surface area (Å²) in [5, 5.41) is -1.73. The van der Waals surface area contributed by atoms with Crippen LogP contribution < -0.4 is 5.30 Å². The van der Waals surface area contributed by atoms with Crippen molar-refractivity contribution in [1.82, 2.24) is 0 Å². The van der Waals surface area contributed by atoms with Crippen LogP contribution in [0.5, 0.6) is 0 Å². The van der Waals surface area contributed by atoms with Gasteiger partial charge in [0.1, 0.15) is 7.92 Å². The predicted octanol–water partition coefficient (Wildman–Crippen LogP) is 21.8. The summed E-state index contributed by atoms with van der Waals surface area (Å²) in [6.45, 7) is 17.1. The van der Waals surface area contributed by atoms with E-state index in [1.54, 1.807) is 32.2 Å². The molecule has 0 fully saturated rings. The zero-order chi connectivity index (χ0) is 50.9. The standard InChI is InChI=1S/C28H60B.C27H39F10P/c1-5-9-13-17-21-25-29(26-22-18-14-10-6-2,27-23-19-15-11-7-3)28-24-20-16-12-8-4;1-6-9-10-11-15-25(32,33)26(34,35)27(36,37)38(16-17(4)13-14-19(8-3)12-7-2)24-21(29)18(5)20(28)22(30)23(24)31/h5-28H2,1-4H3;17,19H,6-16H2,1-5H3/q-1;/p+1. The molecule has 0 radical (unpaired) electrons. The minimum absolute atomic E-state index is 0.0861. The second-order valence-corrected chi connectivity index (χ2v) is 23.4. The molecule has 12 heteroatoms. The van der Waals surface area contributed by atoms with Gasteiger partial charge in [-0.2, -0.15) is 56.0 Å². The molecule has 0 aliphatic rings. The molecular formula is C55H100BF10P. The first-order chi connectivity index (χ1) is 31.8. The minimum Gasteiger partial charge on any atom is -0.203 e. The van der Waals surface area contributed by atoms with E-state index < -0.39 is 84.5 Å². The smallest absolute Gasteiger partial charge is 0.203 e. The van der Waals surface area contributed by atoms with Crippen LogP contribution in [0, 0.1) is 42.0 Å². The Balaban J connectivity index is 0.00000135. The molecule has 0 spiro atoms. The molecule has 0 nitrogen and oxygen atoms in total. The largest absolute Gasteiger partial charge is 0.424 e. The quantitative estimate of drug-likeness (QED) is 0.0153. The zero-order valence-corrected chi connectivity index (χ0v) is 45.3. The van der Waals surface area contributed by atoms with Gasteiger partial charge in [-0.25, -0.2) is 13.2 Å². The maximum absolute atomic E-state index is 15.6. The lowest BCUT2D eigenvalue weighted by atomic mass is 9.17. The monoisotopic (exact) mass is 993 g/mol. The topological polar surface area (TPSA) is 0 Å². The van der Waals surface area contributed by atoms with E-state index in [9.17, 15) is 26.3 Å². The van der Waals surface area contributed by atoms with E-state index in [1.165, 1.54) is 135 Å². The molecule has 0 heterocycles. The zero-order valence-electron chi connectivity index (χ0n) is 44.3. The Labute approximate surface area is 406 Å². The van der Waals surface area contributed by atoms with Gasteiger partial charge in [-0.15, -0.1) is 0 Å². The molecule has 1 rings (SSSR count). The second-order valence-electron chi connectivity index (χ2n) is 20.9. The van der Waals surface area contributed by atoms with Crippen LogP contribution in [0.25, 0.3) is 0 Å². The highest BCUT2D eigenvalue weighted by atomic mass is 31.1. The summed E-state index contributed by atoms with van der Waals surface area (Å²) in [6.07, 6.45) is 37.0. The average Bonchev–Trinajstić information content (AvgIpc) is 3.29.